The SMILES string of the molecule is O=C(NCC1=NCN=N1)c1ccc([C@@H](C2CC2)N2C(=O)C(c3ccc(F)c(Cl)c3)=NC23CCCCC3)cc1. The Morgan fingerprint density at radius 2 is 1.89 bits per heavy atom. The summed E-state index contributed by atoms with van der Waals surface area (Å²) in [5, 5.41) is 10.5. The Kier molecular flexibility index (Phi) is 6.55. The molecule has 2 heterocycles. The van der Waals surface area contributed by atoms with Crippen molar-refractivity contribution in [2.75, 3.05) is 13.2 Å². The Balaban J connectivity index is 1.29. The van der Waals surface area contributed by atoms with Crippen LogP contribution in [0.4, 0.5) is 4.39 Å². The first-order chi connectivity index (χ1) is 18.4. The minimum absolute atomic E-state index is 0.0233. The van der Waals surface area contributed by atoms with E-state index in [1.165, 1.54) is 12.1 Å². The van der Waals surface area contributed by atoms with Crippen LogP contribution in [0.1, 0.15) is 72.5 Å². The molecular weight excluding hydrogens is 507 g/mol. The van der Waals surface area contributed by atoms with E-state index in [0.717, 1.165) is 50.5 Å². The lowest BCUT2D eigenvalue weighted by molar-refractivity contribution is -0.133. The molecule has 8 nitrogen and oxygen atoms in total. The number of halogens is 2. The first-order valence-corrected chi connectivity index (χ1v) is 13.5. The second-order valence-corrected chi connectivity index (χ2v) is 10.8. The lowest BCUT2D eigenvalue weighted by Crippen LogP contribution is -2.50. The highest BCUT2D eigenvalue weighted by Gasteiger charge is 2.53. The fourth-order valence-electron chi connectivity index (χ4n) is 5.79. The number of hydrogen-bond donors (Lipinski definition) is 1. The van der Waals surface area contributed by atoms with Gasteiger partial charge in [-0.2, -0.15) is 5.11 Å². The molecule has 2 aromatic rings. The zero-order chi connectivity index (χ0) is 26.3. The van der Waals surface area contributed by atoms with E-state index in [0.29, 0.717) is 35.3 Å². The molecule has 2 fully saturated rings. The van der Waals surface area contributed by atoms with Crippen molar-refractivity contribution < 1.29 is 14.0 Å². The first kappa shape index (κ1) is 24.9. The molecule has 1 spiro atoms. The van der Waals surface area contributed by atoms with Crippen molar-refractivity contribution >= 4 is 35.0 Å². The Bertz CT molecular complexity index is 1360. The zero-order valence-corrected chi connectivity index (χ0v) is 21.6. The van der Waals surface area contributed by atoms with Gasteiger partial charge in [0.25, 0.3) is 11.8 Å². The third-order valence-electron chi connectivity index (χ3n) is 7.81. The maximum Gasteiger partial charge on any atom is 0.275 e. The van der Waals surface area contributed by atoms with E-state index in [4.69, 9.17) is 16.6 Å². The molecule has 2 saturated carbocycles. The molecule has 0 bridgehead atoms. The Hall–Kier alpha value is -3.46. The van der Waals surface area contributed by atoms with Gasteiger partial charge in [-0.1, -0.05) is 30.2 Å². The van der Waals surface area contributed by atoms with Gasteiger partial charge in [-0.05, 0) is 80.3 Å². The monoisotopic (exact) mass is 534 g/mol. The number of azo groups is 1. The first-order valence-electron chi connectivity index (χ1n) is 13.1. The Labute approximate surface area is 225 Å². The highest BCUT2D eigenvalue weighted by atomic mass is 35.5. The number of nitrogens with zero attached hydrogens (tertiary/aromatic N) is 5. The number of hydrogen-bond acceptors (Lipinski definition) is 6. The van der Waals surface area contributed by atoms with E-state index in [2.05, 4.69) is 20.5 Å². The molecule has 2 aromatic carbocycles. The summed E-state index contributed by atoms with van der Waals surface area (Å²) in [5.41, 5.74) is 1.79. The number of carbonyl (C=O) groups is 2. The molecule has 0 aromatic heterocycles. The van der Waals surface area contributed by atoms with Gasteiger partial charge in [0.1, 0.15) is 17.2 Å². The summed E-state index contributed by atoms with van der Waals surface area (Å²) in [5.74, 6) is -0.0444. The maximum atomic E-state index is 14.1. The van der Waals surface area contributed by atoms with Crippen molar-refractivity contribution in [2.24, 2.45) is 26.1 Å². The number of nitrogens with one attached hydrogen (secondary N) is 1. The van der Waals surface area contributed by atoms with E-state index in [9.17, 15) is 14.0 Å². The summed E-state index contributed by atoms with van der Waals surface area (Å²) in [6.07, 6.45) is 6.74. The van der Waals surface area contributed by atoms with Gasteiger partial charge in [0.15, 0.2) is 12.5 Å². The second-order valence-electron chi connectivity index (χ2n) is 10.4. The molecular formula is C28H28ClFN6O2. The van der Waals surface area contributed by atoms with E-state index in [1.54, 1.807) is 18.2 Å². The lowest BCUT2D eigenvalue weighted by atomic mass is 9.86. The molecule has 0 saturated heterocycles. The van der Waals surface area contributed by atoms with Crippen LogP contribution in [0.15, 0.2) is 62.7 Å². The normalized spacial score (nSPS) is 21.0. The van der Waals surface area contributed by atoms with Gasteiger partial charge in [-0.15, -0.1) is 5.11 Å². The van der Waals surface area contributed by atoms with Crippen molar-refractivity contribution in [3.63, 3.8) is 0 Å². The number of amidine groups is 1. The number of carbonyl (C=O) groups excluding carboxylic acids is 2. The summed E-state index contributed by atoms with van der Waals surface area (Å²) < 4.78 is 13.9. The van der Waals surface area contributed by atoms with E-state index >= 15 is 0 Å². The van der Waals surface area contributed by atoms with Crippen LogP contribution in [0, 0.1) is 11.7 Å². The topological polar surface area (TPSA) is 98.9 Å². The average Bonchev–Trinajstić information content (AvgIpc) is 3.56. The van der Waals surface area contributed by atoms with Gasteiger partial charge in [0.05, 0.1) is 17.6 Å². The molecule has 1 atom stereocenters. The molecule has 196 valence electrons. The third-order valence-corrected chi connectivity index (χ3v) is 8.10. The smallest absolute Gasteiger partial charge is 0.275 e. The molecule has 1 N–H and O–H groups in total. The summed E-state index contributed by atoms with van der Waals surface area (Å²) in [6.45, 7) is 0.534. The van der Waals surface area contributed by atoms with Crippen molar-refractivity contribution in [3.8, 4) is 0 Å². The van der Waals surface area contributed by atoms with Crippen molar-refractivity contribution in [1.82, 2.24) is 10.2 Å². The molecule has 2 aliphatic carbocycles. The molecule has 0 unspecified atom stereocenters. The van der Waals surface area contributed by atoms with Crippen LogP contribution in [-0.2, 0) is 4.79 Å². The quantitative estimate of drug-likeness (QED) is 0.509. The Morgan fingerprint density at radius 1 is 1.13 bits per heavy atom. The summed E-state index contributed by atoms with van der Waals surface area (Å²) in [6, 6.07) is 11.7. The van der Waals surface area contributed by atoms with E-state index in [-0.39, 0.29) is 29.4 Å². The fourth-order valence-corrected chi connectivity index (χ4v) is 5.97. The predicted molar refractivity (Wildman–Crippen MR) is 142 cm³/mol. The van der Waals surface area contributed by atoms with Crippen LogP contribution < -0.4 is 5.32 Å². The molecule has 10 heteroatoms. The largest absolute Gasteiger partial charge is 0.345 e. The van der Waals surface area contributed by atoms with Crippen LogP contribution in [-0.4, -0.2) is 47.1 Å². The van der Waals surface area contributed by atoms with Gasteiger partial charge in [0, 0.05) is 11.1 Å². The number of rotatable bonds is 7. The predicted octanol–water partition coefficient (Wildman–Crippen LogP) is 5.47. The van der Waals surface area contributed by atoms with Crippen molar-refractivity contribution in [1.29, 1.82) is 0 Å². The molecule has 2 aliphatic heterocycles. The van der Waals surface area contributed by atoms with Gasteiger partial charge < -0.3 is 10.2 Å². The summed E-state index contributed by atoms with van der Waals surface area (Å²) >= 11 is 6.07. The lowest BCUT2D eigenvalue weighted by Gasteiger charge is -2.44. The number of amides is 2. The third kappa shape index (κ3) is 4.64. The van der Waals surface area contributed by atoms with Crippen LogP contribution in [0.5, 0.6) is 0 Å². The molecule has 38 heavy (non-hydrogen) atoms. The standard InChI is InChI=1S/C28H28ClFN6O2/c29-21-14-20(10-11-22(21)30)24-27(38)36(28(34-24)12-2-1-3-13-28)25(17-4-5-17)18-6-8-19(9-7-18)26(37)31-15-23-32-16-33-35-23/h6-11,14,17,25H,1-5,12-13,15-16H2,(H,31,37)/t25-/m1/s1. The van der Waals surface area contributed by atoms with Crippen LogP contribution >= 0.6 is 11.6 Å². The summed E-state index contributed by atoms with van der Waals surface area (Å²) in [4.78, 5) is 37.9. The average molecular weight is 535 g/mol. The Morgan fingerprint density at radius 3 is 2.55 bits per heavy atom. The van der Waals surface area contributed by atoms with Crippen molar-refractivity contribution in [3.05, 3.63) is 70.0 Å². The minimum atomic E-state index is -0.620. The summed E-state index contributed by atoms with van der Waals surface area (Å²) in [7, 11) is 0. The number of aliphatic imine (C=N–C) groups is 2. The van der Waals surface area contributed by atoms with Gasteiger partial charge in [-0.25, -0.2) is 9.38 Å². The fraction of sp³-hybridized carbons (Fsp3) is 0.429. The van der Waals surface area contributed by atoms with E-state index < -0.39 is 11.5 Å². The van der Waals surface area contributed by atoms with Gasteiger partial charge in [0.2, 0.25) is 0 Å². The van der Waals surface area contributed by atoms with Gasteiger partial charge >= 0.3 is 0 Å². The molecule has 2 amide bonds. The second kappa shape index (κ2) is 10.0. The van der Waals surface area contributed by atoms with Crippen LogP contribution in [0.3, 0.4) is 0 Å². The van der Waals surface area contributed by atoms with Crippen molar-refractivity contribution in [2.45, 2.75) is 56.7 Å². The highest BCUT2D eigenvalue weighted by Crippen LogP contribution is 2.52. The number of benzene rings is 2. The van der Waals surface area contributed by atoms with E-state index in [1.807, 2.05) is 17.0 Å². The van der Waals surface area contributed by atoms with Crippen LogP contribution in [0.25, 0.3) is 0 Å². The minimum Gasteiger partial charge on any atom is -0.345 e. The van der Waals surface area contributed by atoms with Gasteiger partial charge in [-0.3, -0.25) is 14.6 Å². The zero-order valence-electron chi connectivity index (χ0n) is 20.9. The molecule has 0 radical (unpaired) electrons. The molecule has 6 rings (SSSR count). The van der Waals surface area contributed by atoms with Crippen LogP contribution in [0.2, 0.25) is 5.02 Å². The highest BCUT2D eigenvalue weighted by molar-refractivity contribution is 6.47. The molecule has 4 aliphatic rings. The maximum absolute atomic E-state index is 14.1.